The third kappa shape index (κ3) is 3.20. The van der Waals surface area contributed by atoms with Gasteiger partial charge in [-0.2, -0.15) is 0 Å². The summed E-state index contributed by atoms with van der Waals surface area (Å²) in [5, 5.41) is 21.0. The largest absolute Gasteiger partial charge is 0.478 e. The summed E-state index contributed by atoms with van der Waals surface area (Å²) in [6, 6.07) is 0. The number of ketones is 1. The molecule has 4 aliphatic rings. The van der Waals surface area contributed by atoms with Crippen molar-refractivity contribution in [3.63, 3.8) is 0 Å². The first-order valence-corrected chi connectivity index (χ1v) is 11.4. The maximum Gasteiger partial charge on any atom is 0.331 e. The number of ether oxygens (including phenoxy) is 1. The molecule has 0 aromatic rings. The van der Waals surface area contributed by atoms with Crippen LogP contribution in [0.4, 0.5) is 0 Å². The summed E-state index contributed by atoms with van der Waals surface area (Å²) in [6.45, 7) is 10.4. The van der Waals surface area contributed by atoms with Crippen molar-refractivity contribution >= 4 is 11.8 Å². The molecule has 3 fully saturated rings. The first-order valence-electron chi connectivity index (χ1n) is 11.4. The van der Waals surface area contributed by atoms with Gasteiger partial charge in [-0.3, -0.25) is 4.79 Å². The first-order chi connectivity index (χ1) is 13.9. The molecule has 0 aromatic heterocycles. The van der Waals surface area contributed by atoms with Crippen LogP contribution in [0.3, 0.4) is 0 Å². The lowest BCUT2D eigenvalue weighted by Gasteiger charge is -2.45. The van der Waals surface area contributed by atoms with Crippen molar-refractivity contribution < 1.29 is 24.5 Å². The van der Waals surface area contributed by atoms with Crippen LogP contribution in [0.1, 0.15) is 73.1 Å². The smallest absolute Gasteiger partial charge is 0.331 e. The number of allylic oxidation sites excluding steroid dienone is 2. The Morgan fingerprint density at radius 3 is 2.60 bits per heavy atom. The molecule has 2 N–H and O–H groups in total. The molecular weight excluding hydrogens is 380 g/mol. The molecule has 1 aliphatic heterocycles. The van der Waals surface area contributed by atoms with Gasteiger partial charge >= 0.3 is 5.97 Å². The molecule has 3 aliphatic carbocycles. The molecule has 0 bridgehead atoms. The number of rotatable bonds is 2. The minimum Gasteiger partial charge on any atom is -0.478 e. The van der Waals surface area contributed by atoms with E-state index in [0.717, 1.165) is 19.3 Å². The average Bonchev–Trinajstić information content (AvgIpc) is 3.11. The number of carboxylic acid groups (broad SMARTS) is 1. The second-order valence-corrected chi connectivity index (χ2v) is 11.2. The van der Waals surface area contributed by atoms with Crippen molar-refractivity contribution in [1.29, 1.82) is 0 Å². The number of hydrogen-bond donors (Lipinski definition) is 2. The molecule has 30 heavy (non-hydrogen) atoms. The van der Waals surface area contributed by atoms with E-state index < -0.39 is 17.5 Å². The topological polar surface area (TPSA) is 83.8 Å². The van der Waals surface area contributed by atoms with Crippen LogP contribution in [-0.4, -0.2) is 39.3 Å². The van der Waals surface area contributed by atoms with E-state index in [-0.39, 0.29) is 46.7 Å². The quantitative estimate of drug-likeness (QED) is 0.656. The average molecular weight is 417 g/mol. The van der Waals surface area contributed by atoms with Gasteiger partial charge < -0.3 is 14.9 Å². The van der Waals surface area contributed by atoms with Gasteiger partial charge in [0.1, 0.15) is 5.78 Å². The summed E-state index contributed by atoms with van der Waals surface area (Å²) >= 11 is 0. The summed E-state index contributed by atoms with van der Waals surface area (Å²) in [5.41, 5.74) is -0.0969. The predicted octanol–water partition coefficient (Wildman–Crippen LogP) is 4.29. The van der Waals surface area contributed by atoms with Gasteiger partial charge in [-0.05, 0) is 70.1 Å². The third-order valence-corrected chi connectivity index (χ3v) is 8.75. The molecule has 1 unspecified atom stereocenters. The summed E-state index contributed by atoms with van der Waals surface area (Å²) in [6.07, 6.45) is 8.32. The zero-order chi connectivity index (χ0) is 22.1. The van der Waals surface area contributed by atoms with Crippen LogP contribution in [0.15, 0.2) is 23.3 Å². The normalized spacial score (nSPS) is 49.7. The van der Waals surface area contributed by atoms with E-state index in [4.69, 9.17) is 4.74 Å². The standard InChI is InChI=1S/C25H36O5/c1-14(2)10-16-11-15(3)25(30-16)9-8-23(4)12-18-21(19(26)13-24(18,5)29)17(22(27)28)6-7-20(23)25/h6,10,15-16,18,20-21,29H,7-9,11-13H2,1-5H3,(H,27,28)/b17-6+/t15-,16?,18-,20+,21+,23+,24+,25-/m0/s1. The summed E-state index contributed by atoms with van der Waals surface area (Å²) in [7, 11) is 0. The van der Waals surface area contributed by atoms with Crippen LogP contribution in [0.2, 0.25) is 0 Å². The molecule has 0 radical (unpaired) electrons. The number of fused-ring (bicyclic) bond motifs is 3. The predicted molar refractivity (Wildman–Crippen MR) is 114 cm³/mol. The van der Waals surface area contributed by atoms with Gasteiger partial charge in [0, 0.05) is 17.9 Å². The molecule has 2 saturated carbocycles. The fourth-order valence-electron chi connectivity index (χ4n) is 7.35. The number of aliphatic hydroxyl groups is 1. The van der Waals surface area contributed by atoms with E-state index in [2.05, 4.69) is 33.8 Å². The van der Waals surface area contributed by atoms with Gasteiger partial charge in [-0.1, -0.05) is 31.6 Å². The Morgan fingerprint density at radius 2 is 1.97 bits per heavy atom. The Hall–Kier alpha value is -1.46. The first kappa shape index (κ1) is 21.8. The number of aliphatic carboxylic acids is 1. The van der Waals surface area contributed by atoms with Crippen molar-refractivity contribution in [1.82, 2.24) is 0 Å². The van der Waals surface area contributed by atoms with Crippen LogP contribution in [-0.2, 0) is 14.3 Å². The van der Waals surface area contributed by atoms with Crippen LogP contribution in [0.5, 0.6) is 0 Å². The fourth-order valence-corrected chi connectivity index (χ4v) is 7.35. The Kier molecular flexibility index (Phi) is 5.10. The zero-order valence-corrected chi connectivity index (χ0v) is 18.9. The van der Waals surface area contributed by atoms with E-state index in [1.807, 2.05) is 0 Å². The molecule has 1 heterocycles. The number of carboxylic acids is 1. The maximum absolute atomic E-state index is 12.8. The molecule has 5 heteroatoms. The highest BCUT2D eigenvalue weighted by atomic mass is 16.5. The Balaban J connectivity index is 1.76. The lowest BCUT2D eigenvalue weighted by molar-refractivity contribution is -0.135. The molecule has 166 valence electrons. The molecule has 5 nitrogen and oxygen atoms in total. The van der Waals surface area contributed by atoms with Gasteiger partial charge in [0.2, 0.25) is 0 Å². The van der Waals surface area contributed by atoms with E-state index >= 15 is 0 Å². The fraction of sp³-hybridized carbons (Fsp3) is 0.760. The minimum atomic E-state index is -1.16. The van der Waals surface area contributed by atoms with Crippen molar-refractivity contribution in [2.75, 3.05) is 0 Å². The van der Waals surface area contributed by atoms with Crippen LogP contribution < -0.4 is 0 Å². The van der Waals surface area contributed by atoms with Gasteiger partial charge in [0.25, 0.3) is 0 Å². The lowest BCUT2D eigenvalue weighted by atomic mass is 9.62. The lowest BCUT2D eigenvalue weighted by Crippen LogP contribution is -2.46. The molecule has 4 rings (SSSR count). The highest BCUT2D eigenvalue weighted by Crippen LogP contribution is 2.64. The van der Waals surface area contributed by atoms with Crippen molar-refractivity contribution in [3.8, 4) is 0 Å². The second-order valence-electron chi connectivity index (χ2n) is 11.2. The highest BCUT2D eigenvalue weighted by Gasteiger charge is 2.64. The summed E-state index contributed by atoms with van der Waals surface area (Å²) in [5.74, 6) is -1.67. The van der Waals surface area contributed by atoms with E-state index in [1.54, 1.807) is 13.0 Å². The summed E-state index contributed by atoms with van der Waals surface area (Å²) in [4.78, 5) is 24.9. The van der Waals surface area contributed by atoms with Crippen molar-refractivity contribution in [3.05, 3.63) is 23.3 Å². The minimum absolute atomic E-state index is 0.0361. The molecule has 0 aromatic carbocycles. The summed E-state index contributed by atoms with van der Waals surface area (Å²) < 4.78 is 6.76. The molecular formula is C25H36O5. The van der Waals surface area contributed by atoms with Crippen LogP contribution in [0.25, 0.3) is 0 Å². The third-order valence-electron chi connectivity index (χ3n) is 8.75. The Bertz CT molecular complexity index is 819. The van der Waals surface area contributed by atoms with E-state index in [9.17, 15) is 19.8 Å². The maximum atomic E-state index is 12.8. The van der Waals surface area contributed by atoms with E-state index in [0.29, 0.717) is 18.8 Å². The van der Waals surface area contributed by atoms with Crippen LogP contribution >= 0.6 is 0 Å². The number of hydrogen-bond acceptors (Lipinski definition) is 4. The Labute approximate surface area is 179 Å². The second kappa shape index (κ2) is 7.03. The Morgan fingerprint density at radius 1 is 1.27 bits per heavy atom. The van der Waals surface area contributed by atoms with E-state index in [1.165, 1.54) is 5.57 Å². The number of carbonyl (C=O) groups is 2. The van der Waals surface area contributed by atoms with Crippen molar-refractivity contribution in [2.24, 2.45) is 29.1 Å². The molecule has 1 saturated heterocycles. The number of Topliss-reactive ketones (excluding diaryl/α,β-unsaturated/α-hetero) is 1. The van der Waals surface area contributed by atoms with Crippen LogP contribution in [0, 0.1) is 29.1 Å². The molecule has 0 amide bonds. The monoisotopic (exact) mass is 416 g/mol. The SMILES string of the molecule is CC(C)=CC1C[C@H](C)[C@]2(CC[C@]3(C)C[C@H]4[C@H](C(=O)C[C@@]4(C)O)/C(C(=O)O)=C\C[C@H]32)O1. The molecule has 8 atom stereocenters. The van der Waals surface area contributed by atoms with Gasteiger partial charge in [0.05, 0.1) is 23.2 Å². The number of carbonyl (C=O) groups excluding carboxylic acids is 1. The van der Waals surface area contributed by atoms with Gasteiger partial charge in [0.15, 0.2) is 0 Å². The zero-order valence-electron chi connectivity index (χ0n) is 18.9. The van der Waals surface area contributed by atoms with Gasteiger partial charge in [-0.15, -0.1) is 0 Å². The highest BCUT2D eigenvalue weighted by molar-refractivity contribution is 5.98. The molecule has 1 spiro atoms. The van der Waals surface area contributed by atoms with Crippen molar-refractivity contribution in [2.45, 2.75) is 90.4 Å². The van der Waals surface area contributed by atoms with Gasteiger partial charge in [-0.25, -0.2) is 4.79 Å².